The van der Waals surface area contributed by atoms with Crippen molar-refractivity contribution in [3.63, 3.8) is 0 Å². The normalized spacial score (nSPS) is 14.3. The summed E-state index contributed by atoms with van der Waals surface area (Å²) in [4.78, 5) is 21.6. The van der Waals surface area contributed by atoms with Crippen molar-refractivity contribution in [2.75, 3.05) is 13.1 Å². The number of hydrogen-bond donors (Lipinski definition) is 1. The van der Waals surface area contributed by atoms with Gasteiger partial charge in [-0.3, -0.25) is 14.3 Å². The predicted molar refractivity (Wildman–Crippen MR) is 128 cm³/mol. The molecule has 0 amide bonds. The molecule has 33 heavy (non-hydrogen) atoms. The highest BCUT2D eigenvalue weighted by Crippen LogP contribution is 2.30. The van der Waals surface area contributed by atoms with Gasteiger partial charge in [-0.2, -0.15) is 13.2 Å². The Balaban J connectivity index is 1.53. The van der Waals surface area contributed by atoms with Crippen molar-refractivity contribution < 1.29 is 13.2 Å². The minimum absolute atomic E-state index is 0.298. The third-order valence-electron chi connectivity index (χ3n) is 5.88. The molecule has 0 saturated heterocycles. The second-order valence-corrected chi connectivity index (χ2v) is 8.50. The molecule has 1 aliphatic rings. The van der Waals surface area contributed by atoms with Crippen molar-refractivity contribution in [2.24, 2.45) is 0 Å². The van der Waals surface area contributed by atoms with Crippen LogP contribution in [0.5, 0.6) is 0 Å². The zero-order chi connectivity index (χ0) is 23.2. The summed E-state index contributed by atoms with van der Waals surface area (Å²) in [6.07, 6.45) is -0.237. The highest BCUT2D eigenvalue weighted by Gasteiger charge is 2.30. The summed E-state index contributed by atoms with van der Waals surface area (Å²) in [5.41, 5.74) is 3.03. The van der Waals surface area contributed by atoms with Crippen molar-refractivity contribution in [1.29, 1.82) is 0 Å². The number of hydrogen-bond acceptors (Lipinski definition) is 4. The molecule has 5 rings (SSSR count). The summed E-state index contributed by atoms with van der Waals surface area (Å²) in [5.74, 6) is 0.497. The summed E-state index contributed by atoms with van der Waals surface area (Å²) in [6, 6.07) is 9.08. The minimum Gasteiger partial charge on any atom is -0.320 e. The molecule has 0 fully saturated rings. The fourth-order valence-electron chi connectivity index (χ4n) is 4.26. The van der Waals surface area contributed by atoms with Crippen molar-refractivity contribution in [2.45, 2.75) is 23.6 Å². The Morgan fingerprint density at radius 1 is 1.09 bits per heavy atom. The molecule has 6 nitrogen and oxygen atoms in total. The molecule has 170 valence electrons. The maximum atomic E-state index is 12.9. The van der Waals surface area contributed by atoms with Crippen molar-refractivity contribution in [3.05, 3.63) is 76.0 Å². The topological polar surface area (TPSA) is 64.7 Å². The van der Waals surface area contributed by atoms with E-state index in [1.807, 2.05) is 12.1 Å². The second kappa shape index (κ2) is 8.56. The van der Waals surface area contributed by atoms with Gasteiger partial charge in [-0.15, -0.1) is 0 Å². The van der Waals surface area contributed by atoms with Crippen LogP contribution in [0.2, 0.25) is 0 Å². The summed E-state index contributed by atoms with van der Waals surface area (Å²) in [6.45, 7) is 1.85. The Hall–Kier alpha value is -2.73. The summed E-state index contributed by atoms with van der Waals surface area (Å²) < 4.78 is 42.7. The van der Waals surface area contributed by atoms with Crippen LogP contribution in [0.25, 0.3) is 28.1 Å². The first kappa shape index (κ1) is 22.1. The van der Waals surface area contributed by atoms with E-state index in [1.54, 1.807) is 12.3 Å². The van der Waals surface area contributed by atoms with Gasteiger partial charge in [-0.05, 0) is 48.9 Å². The van der Waals surface area contributed by atoms with E-state index >= 15 is 0 Å². The molecule has 0 unspecified atom stereocenters. The first-order chi connectivity index (χ1) is 15.9. The van der Waals surface area contributed by atoms with Gasteiger partial charge in [0.05, 0.1) is 15.8 Å². The number of nitrogens with one attached hydrogen (secondary N) is 1. The second-order valence-electron chi connectivity index (χ2n) is 7.82. The number of alkyl halides is 4. The first-order valence-electron chi connectivity index (χ1n) is 10.4. The Labute approximate surface area is 200 Å². The van der Waals surface area contributed by atoms with E-state index in [0.29, 0.717) is 17.1 Å². The predicted octanol–water partition coefficient (Wildman–Crippen LogP) is 4.35. The fourth-order valence-corrected chi connectivity index (χ4v) is 4.99. The van der Waals surface area contributed by atoms with E-state index < -0.39 is 11.7 Å². The van der Waals surface area contributed by atoms with E-state index in [2.05, 4.69) is 37.5 Å². The molecule has 5 heterocycles. The number of pyridine rings is 3. The monoisotopic (exact) mass is 565 g/mol. The Kier molecular flexibility index (Phi) is 5.73. The molecule has 0 aromatic carbocycles. The quantitative estimate of drug-likeness (QED) is 0.297. The van der Waals surface area contributed by atoms with Crippen molar-refractivity contribution >= 4 is 33.6 Å². The van der Waals surface area contributed by atoms with E-state index in [1.165, 1.54) is 28.0 Å². The highest BCUT2D eigenvalue weighted by molar-refractivity contribution is 14.1. The fraction of sp³-hybridized carbons (Fsp3) is 0.261. The largest absolute Gasteiger partial charge is 0.417 e. The lowest BCUT2D eigenvalue weighted by Crippen LogP contribution is -2.18. The van der Waals surface area contributed by atoms with Gasteiger partial charge in [0.25, 0.3) is 5.56 Å². The molecule has 10 heteroatoms. The van der Waals surface area contributed by atoms with Gasteiger partial charge >= 0.3 is 6.18 Å². The average molecular weight is 565 g/mol. The maximum Gasteiger partial charge on any atom is 0.417 e. The van der Waals surface area contributed by atoms with Crippen LogP contribution in [0.1, 0.15) is 16.8 Å². The molecular formula is C23H19F3IN5O. The number of fused-ring (bicyclic) bond motifs is 3. The van der Waals surface area contributed by atoms with Crippen LogP contribution in [0, 0.1) is 0 Å². The molecule has 0 spiro atoms. The van der Waals surface area contributed by atoms with Crippen LogP contribution < -0.4 is 10.9 Å². The Morgan fingerprint density at radius 3 is 2.61 bits per heavy atom. The molecular weight excluding hydrogens is 546 g/mol. The molecule has 0 bridgehead atoms. The van der Waals surface area contributed by atoms with Crippen LogP contribution in [-0.2, 0) is 23.6 Å². The zero-order valence-electron chi connectivity index (χ0n) is 17.4. The molecule has 0 radical (unpaired) electrons. The van der Waals surface area contributed by atoms with Gasteiger partial charge in [0, 0.05) is 48.1 Å². The van der Waals surface area contributed by atoms with E-state index in [4.69, 9.17) is 4.98 Å². The lowest BCUT2D eigenvalue weighted by Gasteiger charge is -2.10. The van der Waals surface area contributed by atoms with Gasteiger partial charge in [0.1, 0.15) is 11.5 Å². The standard InChI is InChI=1S/C23H19F3IN5O/c24-23(25,26)15-1-3-18(29-12-15)14-7-10-31(21(33)11-14)20-4-2-17-16-5-8-28-9-6-19(16)32(13-27)22(17)30-20/h1-4,7,10-12,28H,5-6,8-9,13H2. The minimum atomic E-state index is -4.45. The first-order valence-corrected chi connectivity index (χ1v) is 11.9. The van der Waals surface area contributed by atoms with Gasteiger partial charge in [-0.1, -0.05) is 22.6 Å². The third-order valence-corrected chi connectivity index (χ3v) is 6.56. The smallest absolute Gasteiger partial charge is 0.320 e. The van der Waals surface area contributed by atoms with Crippen LogP contribution in [0.4, 0.5) is 13.2 Å². The van der Waals surface area contributed by atoms with Gasteiger partial charge in [-0.25, -0.2) is 4.98 Å². The maximum absolute atomic E-state index is 12.9. The van der Waals surface area contributed by atoms with E-state index in [0.717, 1.165) is 53.8 Å². The lowest BCUT2D eigenvalue weighted by molar-refractivity contribution is -0.137. The van der Waals surface area contributed by atoms with Crippen LogP contribution >= 0.6 is 22.6 Å². The van der Waals surface area contributed by atoms with Crippen LogP contribution in [0.15, 0.2) is 53.6 Å². The van der Waals surface area contributed by atoms with Gasteiger partial charge < -0.3 is 9.88 Å². The SMILES string of the molecule is O=c1cc(-c2ccc(C(F)(F)F)cn2)ccn1-c1ccc2c3c(n(CI)c2n1)CCNCC3. The van der Waals surface area contributed by atoms with Gasteiger partial charge in [0.15, 0.2) is 0 Å². The van der Waals surface area contributed by atoms with E-state index in [9.17, 15) is 18.0 Å². The number of aromatic nitrogens is 4. The molecule has 4 aromatic rings. The third kappa shape index (κ3) is 4.05. The number of nitrogens with zero attached hydrogens (tertiary/aromatic N) is 4. The highest BCUT2D eigenvalue weighted by atomic mass is 127. The van der Waals surface area contributed by atoms with Crippen LogP contribution in [0.3, 0.4) is 0 Å². The van der Waals surface area contributed by atoms with Crippen molar-refractivity contribution in [3.8, 4) is 17.1 Å². The number of rotatable bonds is 3. The Bertz CT molecular complexity index is 1390. The lowest BCUT2D eigenvalue weighted by atomic mass is 10.1. The molecule has 1 aliphatic heterocycles. The average Bonchev–Trinajstić information content (AvgIpc) is 2.93. The molecule has 0 saturated carbocycles. The zero-order valence-corrected chi connectivity index (χ0v) is 19.5. The molecule has 0 atom stereocenters. The Morgan fingerprint density at radius 2 is 1.91 bits per heavy atom. The van der Waals surface area contributed by atoms with Gasteiger partial charge in [0.2, 0.25) is 0 Å². The van der Waals surface area contributed by atoms with Crippen molar-refractivity contribution in [1.82, 2.24) is 24.4 Å². The summed E-state index contributed by atoms with van der Waals surface area (Å²) in [5, 5.41) is 4.53. The molecule has 4 aromatic heterocycles. The molecule has 0 aliphatic carbocycles. The molecule has 1 N–H and O–H groups in total. The summed E-state index contributed by atoms with van der Waals surface area (Å²) in [7, 11) is 0. The summed E-state index contributed by atoms with van der Waals surface area (Å²) >= 11 is 2.32. The number of halogens is 4. The van der Waals surface area contributed by atoms with E-state index in [-0.39, 0.29) is 5.56 Å². The van der Waals surface area contributed by atoms with Crippen LogP contribution in [-0.4, -0.2) is 32.2 Å².